The van der Waals surface area contributed by atoms with E-state index in [9.17, 15) is 4.79 Å². The number of nitrogens with one attached hydrogen (secondary N) is 2. The zero-order valence-corrected chi connectivity index (χ0v) is 11.3. The summed E-state index contributed by atoms with van der Waals surface area (Å²) in [5, 5.41) is 6.18. The lowest BCUT2D eigenvalue weighted by Gasteiger charge is -2.12. The number of amides is 1. The molecule has 1 aliphatic carbocycles. The fraction of sp³-hybridized carbons (Fsp3) is 0.571. The summed E-state index contributed by atoms with van der Waals surface area (Å²) in [4.78, 5) is 15.7. The smallest absolute Gasteiger partial charge is 0.234 e. The molecule has 1 heterocycles. The van der Waals surface area contributed by atoms with Gasteiger partial charge in [-0.25, -0.2) is 4.98 Å². The molecule has 0 aromatic carbocycles. The first-order chi connectivity index (χ1) is 9.28. The second-order valence-corrected chi connectivity index (χ2v) is 4.86. The van der Waals surface area contributed by atoms with Gasteiger partial charge in [0.1, 0.15) is 0 Å². The number of carbonyl (C=O) groups excluding carboxylic acids is 1. The molecule has 0 aliphatic heterocycles. The van der Waals surface area contributed by atoms with Crippen molar-refractivity contribution in [2.24, 2.45) is 0 Å². The topological polar surface area (TPSA) is 63.2 Å². The van der Waals surface area contributed by atoms with E-state index in [1.807, 2.05) is 12.1 Å². The van der Waals surface area contributed by atoms with Crippen LogP contribution in [0.5, 0.6) is 5.88 Å². The number of rotatable bonds is 6. The Labute approximate surface area is 113 Å². The molecule has 0 spiro atoms. The minimum Gasteiger partial charge on any atom is -0.481 e. The molecule has 19 heavy (non-hydrogen) atoms. The number of hydrogen-bond donors (Lipinski definition) is 2. The molecule has 104 valence electrons. The van der Waals surface area contributed by atoms with Crippen LogP contribution in [0.1, 0.15) is 31.2 Å². The van der Waals surface area contributed by atoms with Gasteiger partial charge in [-0.05, 0) is 24.5 Å². The highest BCUT2D eigenvalue weighted by Crippen LogP contribution is 2.17. The SMILES string of the molecule is COc1cc(CNCC(=O)NC2CCCC2)ccn1. The van der Waals surface area contributed by atoms with Crippen LogP contribution in [-0.4, -0.2) is 30.6 Å². The minimum absolute atomic E-state index is 0.0768. The molecule has 5 heteroatoms. The van der Waals surface area contributed by atoms with Gasteiger partial charge < -0.3 is 15.4 Å². The van der Waals surface area contributed by atoms with Crippen molar-refractivity contribution in [1.82, 2.24) is 15.6 Å². The van der Waals surface area contributed by atoms with Crippen LogP contribution >= 0.6 is 0 Å². The molecule has 2 rings (SSSR count). The van der Waals surface area contributed by atoms with E-state index >= 15 is 0 Å². The number of methoxy groups -OCH3 is 1. The fourth-order valence-electron chi connectivity index (χ4n) is 2.34. The monoisotopic (exact) mass is 263 g/mol. The highest BCUT2D eigenvalue weighted by Gasteiger charge is 2.16. The maximum atomic E-state index is 11.7. The maximum absolute atomic E-state index is 11.7. The standard InChI is InChI=1S/C14H21N3O2/c1-19-14-8-11(6-7-16-14)9-15-10-13(18)17-12-4-2-3-5-12/h6-8,12,15H,2-5,9-10H2,1H3,(H,17,18). The molecule has 0 bridgehead atoms. The van der Waals surface area contributed by atoms with E-state index in [0.717, 1.165) is 18.4 Å². The van der Waals surface area contributed by atoms with Crippen LogP contribution in [0.15, 0.2) is 18.3 Å². The minimum atomic E-state index is 0.0768. The lowest BCUT2D eigenvalue weighted by Crippen LogP contribution is -2.38. The summed E-state index contributed by atoms with van der Waals surface area (Å²) in [5.41, 5.74) is 1.06. The zero-order chi connectivity index (χ0) is 13.5. The molecule has 2 N–H and O–H groups in total. The van der Waals surface area contributed by atoms with Crippen molar-refractivity contribution in [3.63, 3.8) is 0 Å². The van der Waals surface area contributed by atoms with Crippen LogP contribution < -0.4 is 15.4 Å². The average molecular weight is 263 g/mol. The van der Waals surface area contributed by atoms with Crippen LogP contribution in [-0.2, 0) is 11.3 Å². The molecular formula is C14H21N3O2. The predicted molar refractivity (Wildman–Crippen MR) is 72.9 cm³/mol. The molecule has 0 radical (unpaired) electrons. The summed E-state index contributed by atoms with van der Waals surface area (Å²) in [6, 6.07) is 4.15. The van der Waals surface area contributed by atoms with Crippen LogP contribution in [0.3, 0.4) is 0 Å². The van der Waals surface area contributed by atoms with Crippen molar-refractivity contribution in [1.29, 1.82) is 0 Å². The summed E-state index contributed by atoms with van der Waals surface area (Å²) in [7, 11) is 1.59. The molecule has 1 amide bonds. The van der Waals surface area contributed by atoms with Gasteiger partial charge in [0.15, 0.2) is 0 Å². The number of pyridine rings is 1. The average Bonchev–Trinajstić information content (AvgIpc) is 2.92. The molecule has 0 atom stereocenters. The fourth-order valence-corrected chi connectivity index (χ4v) is 2.34. The molecule has 1 saturated carbocycles. The van der Waals surface area contributed by atoms with Crippen molar-refractivity contribution in [3.05, 3.63) is 23.9 Å². The number of ether oxygens (including phenoxy) is 1. The van der Waals surface area contributed by atoms with Gasteiger partial charge in [0.25, 0.3) is 0 Å². The van der Waals surface area contributed by atoms with Gasteiger partial charge in [0, 0.05) is 24.8 Å². The summed E-state index contributed by atoms with van der Waals surface area (Å²) in [6.45, 7) is 0.984. The normalized spacial score (nSPS) is 15.4. The van der Waals surface area contributed by atoms with E-state index in [1.165, 1.54) is 12.8 Å². The first-order valence-corrected chi connectivity index (χ1v) is 6.77. The summed E-state index contributed by atoms with van der Waals surface area (Å²) in [6.07, 6.45) is 6.40. The molecule has 1 aliphatic rings. The van der Waals surface area contributed by atoms with Crippen LogP contribution in [0.25, 0.3) is 0 Å². The van der Waals surface area contributed by atoms with Gasteiger partial charge in [0.2, 0.25) is 11.8 Å². The highest BCUT2D eigenvalue weighted by molar-refractivity contribution is 5.78. The van der Waals surface area contributed by atoms with Crippen LogP contribution in [0.2, 0.25) is 0 Å². The number of carbonyl (C=O) groups is 1. The van der Waals surface area contributed by atoms with E-state index in [1.54, 1.807) is 13.3 Å². The first-order valence-electron chi connectivity index (χ1n) is 6.77. The predicted octanol–water partition coefficient (Wildman–Crippen LogP) is 1.24. The largest absolute Gasteiger partial charge is 0.481 e. The Morgan fingerprint density at radius 1 is 1.47 bits per heavy atom. The molecule has 5 nitrogen and oxygen atoms in total. The summed E-state index contributed by atoms with van der Waals surface area (Å²) >= 11 is 0. The van der Waals surface area contributed by atoms with Crippen LogP contribution in [0, 0.1) is 0 Å². The molecule has 1 fully saturated rings. The lowest BCUT2D eigenvalue weighted by molar-refractivity contribution is -0.120. The lowest BCUT2D eigenvalue weighted by atomic mass is 10.2. The van der Waals surface area contributed by atoms with E-state index in [0.29, 0.717) is 25.0 Å². The zero-order valence-electron chi connectivity index (χ0n) is 11.3. The molecular weight excluding hydrogens is 242 g/mol. The molecule has 0 unspecified atom stereocenters. The van der Waals surface area contributed by atoms with Gasteiger partial charge >= 0.3 is 0 Å². The third kappa shape index (κ3) is 4.52. The summed E-state index contributed by atoms with van der Waals surface area (Å²) in [5.74, 6) is 0.669. The Balaban J connectivity index is 1.68. The Morgan fingerprint density at radius 2 is 2.26 bits per heavy atom. The van der Waals surface area contributed by atoms with Gasteiger partial charge in [-0.3, -0.25) is 4.79 Å². The summed E-state index contributed by atoms with van der Waals surface area (Å²) < 4.78 is 5.05. The van der Waals surface area contributed by atoms with Crippen molar-refractivity contribution < 1.29 is 9.53 Å². The molecule has 1 aromatic rings. The van der Waals surface area contributed by atoms with E-state index < -0.39 is 0 Å². The Hall–Kier alpha value is -1.62. The second kappa shape index (κ2) is 7.09. The second-order valence-electron chi connectivity index (χ2n) is 4.86. The van der Waals surface area contributed by atoms with Crippen LogP contribution in [0.4, 0.5) is 0 Å². The van der Waals surface area contributed by atoms with E-state index in [-0.39, 0.29) is 5.91 Å². The number of nitrogens with zero attached hydrogens (tertiary/aromatic N) is 1. The first kappa shape index (κ1) is 13.8. The Kier molecular flexibility index (Phi) is 5.15. The quantitative estimate of drug-likeness (QED) is 0.810. The van der Waals surface area contributed by atoms with Gasteiger partial charge in [-0.15, -0.1) is 0 Å². The van der Waals surface area contributed by atoms with Gasteiger partial charge in [0.05, 0.1) is 13.7 Å². The van der Waals surface area contributed by atoms with E-state index in [2.05, 4.69) is 15.6 Å². The number of aromatic nitrogens is 1. The Morgan fingerprint density at radius 3 is 3.00 bits per heavy atom. The van der Waals surface area contributed by atoms with Gasteiger partial charge in [-0.1, -0.05) is 12.8 Å². The van der Waals surface area contributed by atoms with E-state index in [4.69, 9.17) is 4.74 Å². The molecule has 1 aromatic heterocycles. The highest BCUT2D eigenvalue weighted by atomic mass is 16.5. The third-order valence-electron chi connectivity index (χ3n) is 3.34. The maximum Gasteiger partial charge on any atom is 0.234 e. The number of hydrogen-bond acceptors (Lipinski definition) is 4. The Bertz CT molecular complexity index is 417. The van der Waals surface area contributed by atoms with Gasteiger partial charge in [-0.2, -0.15) is 0 Å². The van der Waals surface area contributed by atoms with Crippen molar-refractivity contribution in [2.45, 2.75) is 38.3 Å². The van der Waals surface area contributed by atoms with Crippen molar-refractivity contribution in [2.75, 3.05) is 13.7 Å². The van der Waals surface area contributed by atoms with Crippen molar-refractivity contribution in [3.8, 4) is 5.88 Å². The van der Waals surface area contributed by atoms with Crippen molar-refractivity contribution >= 4 is 5.91 Å². The molecule has 0 saturated heterocycles. The third-order valence-corrected chi connectivity index (χ3v) is 3.34.